The summed E-state index contributed by atoms with van der Waals surface area (Å²) in [5, 5.41) is 3.18. The summed E-state index contributed by atoms with van der Waals surface area (Å²) in [6, 6.07) is 6.89. The van der Waals surface area contributed by atoms with Gasteiger partial charge >= 0.3 is 0 Å². The molecule has 0 aromatic heterocycles. The second-order valence-corrected chi connectivity index (χ2v) is 6.95. The molecule has 1 amide bonds. The van der Waals surface area contributed by atoms with E-state index in [1.165, 1.54) is 29.5 Å². The Morgan fingerprint density at radius 1 is 1.32 bits per heavy atom. The van der Waals surface area contributed by atoms with Crippen molar-refractivity contribution in [2.45, 2.75) is 56.9 Å². The van der Waals surface area contributed by atoms with Crippen molar-refractivity contribution in [3.8, 4) is 0 Å². The predicted molar refractivity (Wildman–Crippen MR) is 75.1 cm³/mol. The summed E-state index contributed by atoms with van der Waals surface area (Å²) in [6.07, 6.45) is 5.73. The zero-order valence-corrected chi connectivity index (χ0v) is 11.8. The van der Waals surface area contributed by atoms with Gasteiger partial charge in [-0.05, 0) is 55.6 Å². The van der Waals surface area contributed by atoms with E-state index in [1.807, 2.05) is 0 Å². The van der Waals surface area contributed by atoms with Crippen LogP contribution in [0.2, 0.25) is 0 Å². The maximum Gasteiger partial charge on any atom is 0.246 e. The Balaban J connectivity index is 1.86. The van der Waals surface area contributed by atoms with Crippen LogP contribution < -0.4 is 5.32 Å². The van der Waals surface area contributed by atoms with Crippen molar-refractivity contribution in [3.05, 3.63) is 34.9 Å². The lowest BCUT2D eigenvalue weighted by Gasteiger charge is -2.49. The number of carbonyl (C=O) groups is 1. The molecule has 3 aliphatic rings. The topological polar surface area (TPSA) is 39.0 Å². The third kappa shape index (κ3) is 1.35. The molecule has 2 heteroatoms. The van der Waals surface area contributed by atoms with Gasteiger partial charge < -0.3 is 5.32 Å². The summed E-state index contributed by atoms with van der Waals surface area (Å²) in [4.78, 5) is 11.9. The number of hydrogen-bond acceptors (Lipinski definition) is 1. The summed E-state index contributed by atoms with van der Waals surface area (Å²) in [5.41, 5.74) is 4.40. The van der Waals surface area contributed by atoms with Gasteiger partial charge in [0.1, 0.15) is 5.54 Å². The lowest BCUT2D eigenvalue weighted by atomic mass is 9.54. The highest BCUT2D eigenvalue weighted by Crippen LogP contribution is 2.57. The van der Waals surface area contributed by atoms with E-state index in [4.69, 9.17) is 0 Å². The Morgan fingerprint density at radius 3 is 2.84 bits per heavy atom. The number of nitrogens with one attached hydrogen (secondary N) is 1. The molecule has 19 heavy (non-hydrogen) atoms. The van der Waals surface area contributed by atoms with Crippen molar-refractivity contribution in [1.82, 2.24) is 5.32 Å². The van der Waals surface area contributed by atoms with Crippen molar-refractivity contribution in [2.75, 3.05) is 0 Å². The molecule has 2 nitrogen and oxygen atoms in total. The minimum Gasteiger partial charge on any atom is -0.339 e. The first-order valence-electron chi connectivity index (χ1n) is 7.49. The molecule has 4 rings (SSSR count). The maximum atomic E-state index is 11.9. The molecule has 1 aromatic rings. The molecule has 0 radical (unpaired) electrons. The molecule has 2 unspecified atom stereocenters. The van der Waals surface area contributed by atoms with E-state index in [0.29, 0.717) is 11.8 Å². The van der Waals surface area contributed by atoms with Crippen LogP contribution in [0.15, 0.2) is 18.2 Å². The zero-order valence-electron chi connectivity index (χ0n) is 11.8. The average Bonchev–Trinajstić information content (AvgIpc) is 3.00. The number of amides is 1. The number of fused-ring (bicyclic) bond motifs is 4. The van der Waals surface area contributed by atoms with Crippen LogP contribution in [-0.2, 0) is 16.6 Å². The third-order valence-electron chi connectivity index (χ3n) is 5.89. The van der Waals surface area contributed by atoms with Crippen LogP contribution in [0.25, 0.3) is 0 Å². The molecular formula is C17H21NO. The average molecular weight is 255 g/mol. The van der Waals surface area contributed by atoms with Crippen molar-refractivity contribution < 1.29 is 4.79 Å². The van der Waals surface area contributed by atoms with Gasteiger partial charge in [0, 0.05) is 5.92 Å². The van der Waals surface area contributed by atoms with Crippen LogP contribution in [0.4, 0.5) is 0 Å². The number of benzene rings is 1. The third-order valence-corrected chi connectivity index (χ3v) is 5.89. The highest BCUT2D eigenvalue weighted by molar-refractivity contribution is 6.03. The Bertz CT molecular complexity index is 579. The lowest BCUT2D eigenvalue weighted by molar-refractivity contribution is -0.113. The van der Waals surface area contributed by atoms with E-state index in [-0.39, 0.29) is 11.0 Å². The van der Waals surface area contributed by atoms with Crippen molar-refractivity contribution in [1.29, 1.82) is 0 Å². The summed E-state index contributed by atoms with van der Waals surface area (Å²) in [7, 11) is 0. The Kier molecular flexibility index (Phi) is 2.07. The fraction of sp³-hybridized carbons (Fsp3) is 0.588. The molecule has 1 heterocycles. The minimum atomic E-state index is -0.158. The van der Waals surface area contributed by atoms with Crippen molar-refractivity contribution in [3.63, 3.8) is 0 Å². The molecular weight excluding hydrogens is 234 g/mol. The van der Waals surface area contributed by atoms with E-state index < -0.39 is 0 Å². The summed E-state index contributed by atoms with van der Waals surface area (Å²) >= 11 is 0. The molecule has 2 aliphatic carbocycles. The molecule has 1 spiro atoms. The first-order valence-corrected chi connectivity index (χ1v) is 7.49. The molecule has 1 N–H and O–H groups in total. The van der Waals surface area contributed by atoms with Gasteiger partial charge in [0.25, 0.3) is 0 Å². The van der Waals surface area contributed by atoms with Gasteiger partial charge in [0.15, 0.2) is 0 Å². The van der Waals surface area contributed by atoms with Crippen molar-refractivity contribution in [2.24, 2.45) is 5.92 Å². The predicted octanol–water partition coefficient (Wildman–Crippen LogP) is 2.87. The van der Waals surface area contributed by atoms with Gasteiger partial charge in [-0.25, -0.2) is 0 Å². The smallest absolute Gasteiger partial charge is 0.246 e. The Labute approximate surface area is 114 Å². The number of carbonyl (C=O) groups excluding carboxylic acids is 1. The second kappa shape index (κ2) is 3.41. The highest BCUT2D eigenvalue weighted by atomic mass is 16.2. The number of rotatable bonds is 0. The van der Waals surface area contributed by atoms with Gasteiger partial charge in [-0.1, -0.05) is 30.7 Å². The Hall–Kier alpha value is -1.31. The lowest BCUT2D eigenvalue weighted by Crippen LogP contribution is -2.50. The first-order chi connectivity index (χ1) is 9.06. The van der Waals surface area contributed by atoms with Crippen LogP contribution in [0.3, 0.4) is 0 Å². The van der Waals surface area contributed by atoms with Gasteiger partial charge in [0.05, 0.1) is 0 Å². The molecule has 2 fully saturated rings. The van der Waals surface area contributed by atoms with E-state index in [2.05, 4.69) is 37.4 Å². The van der Waals surface area contributed by atoms with Gasteiger partial charge in [-0.15, -0.1) is 0 Å². The first kappa shape index (κ1) is 11.5. The highest BCUT2D eigenvalue weighted by Gasteiger charge is 2.65. The largest absolute Gasteiger partial charge is 0.339 e. The van der Waals surface area contributed by atoms with Crippen LogP contribution in [0.5, 0.6) is 0 Å². The second-order valence-electron chi connectivity index (χ2n) is 6.95. The standard InChI is InChI=1S/C17H21NO/c1-11-4-5-12-6-7-14-16(2,13(12)10-11)8-3-9-17(14)15(19)18-17/h4-5,10,14H,3,6-9H2,1-2H3,(H,18,19)/t14?,16?,17-/m1/s1. The quantitative estimate of drug-likeness (QED) is 0.711. The fourth-order valence-electron chi connectivity index (χ4n) is 4.85. The van der Waals surface area contributed by atoms with Crippen LogP contribution in [0, 0.1) is 12.8 Å². The molecule has 100 valence electrons. The van der Waals surface area contributed by atoms with E-state index in [0.717, 1.165) is 19.3 Å². The van der Waals surface area contributed by atoms with Gasteiger partial charge in [-0.3, -0.25) is 4.79 Å². The number of aryl methyl sites for hydroxylation is 2. The molecule has 0 bridgehead atoms. The summed E-state index contributed by atoms with van der Waals surface area (Å²) in [5.74, 6) is 0.801. The van der Waals surface area contributed by atoms with Crippen LogP contribution in [-0.4, -0.2) is 11.4 Å². The summed E-state index contributed by atoms with van der Waals surface area (Å²) < 4.78 is 0. The van der Waals surface area contributed by atoms with E-state index in [9.17, 15) is 4.79 Å². The van der Waals surface area contributed by atoms with Crippen molar-refractivity contribution >= 4 is 5.91 Å². The zero-order chi connectivity index (χ0) is 13.3. The van der Waals surface area contributed by atoms with E-state index in [1.54, 1.807) is 0 Å². The van der Waals surface area contributed by atoms with Crippen LogP contribution >= 0.6 is 0 Å². The summed E-state index contributed by atoms with van der Waals surface area (Å²) in [6.45, 7) is 4.57. The normalized spacial score (nSPS) is 39.5. The fourth-order valence-corrected chi connectivity index (χ4v) is 4.85. The van der Waals surface area contributed by atoms with Gasteiger partial charge in [0.2, 0.25) is 5.91 Å². The molecule has 1 saturated carbocycles. The molecule has 3 atom stereocenters. The molecule has 1 aliphatic heterocycles. The molecule has 1 saturated heterocycles. The molecule has 1 aromatic carbocycles. The maximum absolute atomic E-state index is 11.9. The Morgan fingerprint density at radius 2 is 2.11 bits per heavy atom. The van der Waals surface area contributed by atoms with Gasteiger partial charge in [-0.2, -0.15) is 0 Å². The monoisotopic (exact) mass is 255 g/mol. The SMILES string of the molecule is Cc1ccc2c(c1)C1(C)CCC[C@@]3(NC3=O)C1CC2. The minimum absolute atomic E-state index is 0.158. The van der Waals surface area contributed by atoms with E-state index >= 15 is 0 Å². The number of hydrogen-bond donors (Lipinski definition) is 1. The van der Waals surface area contributed by atoms with Crippen LogP contribution in [0.1, 0.15) is 49.3 Å².